The van der Waals surface area contributed by atoms with Gasteiger partial charge in [-0.1, -0.05) is 38.0 Å². The monoisotopic (exact) mass is 390 g/mol. The van der Waals surface area contributed by atoms with Crippen LogP contribution in [0.3, 0.4) is 0 Å². The minimum atomic E-state index is -3.75. The lowest BCUT2D eigenvalue weighted by molar-refractivity contribution is 0.351. The Morgan fingerprint density at radius 1 is 1.22 bits per heavy atom. The van der Waals surface area contributed by atoms with E-state index >= 15 is 0 Å². The number of fused-ring (bicyclic) bond motifs is 1. The molecule has 0 radical (unpaired) electrons. The summed E-state index contributed by atoms with van der Waals surface area (Å²) in [6.45, 7) is 2.62. The lowest BCUT2D eigenvalue weighted by Gasteiger charge is -2.29. The van der Waals surface area contributed by atoms with Crippen molar-refractivity contribution in [3.05, 3.63) is 42.5 Å². The molecule has 0 saturated heterocycles. The smallest absolute Gasteiger partial charge is 0.245 e. The van der Waals surface area contributed by atoms with Crippen molar-refractivity contribution in [1.29, 1.82) is 0 Å². The average Bonchev–Trinajstić information content (AvgIpc) is 2.75. The first kappa shape index (κ1) is 19.5. The number of hydrogen-bond acceptors (Lipinski definition) is 5. The number of unbranched alkanes of at least 4 members (excludes halogenated alkanes) is 1. The quantitative estimate of drug-likeness (QED) is 0.842. The van der Waals surface area contributed by atoms with Crippen LogP contribution in [0, 0.1) is 0 Å². The van der Waals surface area contributed by atoms with E-state index in [0.717, 1.165) is 24.9 Å². The first-order chi connectivity index (χ1) is 12.9. The van der Waals surface area contributed by atoms with Gasteiger partial charge in [-0.2, -0.15) is 4.31 Å². The van der Waals surface area contributed by atoms with Gasteiger partial charge in [0.25, 0.3) is 0 Å². The van der Waals surface area contributed by atoms with Gasteiger partial charge in [0.2, 0.25) is 10.0 Å². The number of hydrogen-bond donors (Lipinski definition) is 1. The molecule has 0 aliphatic carbocycles. The lowest BCUT2D eigenvalue weighted by Crippen LogP contribution is -2.40. The van der Waals surface area contributed by atoms with Crippen LogP contribution >= 0.6 is 0 Å². The number of sulfonamides is 1. The van der Waals surface area contributed by atoms with Gasteiger partial charge in [0.05, 0.1) is 12.8 Å². The van der Waals surface area contributed by atoms with Crippen LogP contribution in [-0.2, 0) is 10.0 Å². The minimum Gasteiger partial charge on any atom is -0.504 e. The maximum Gasteiger partial charge on any atom is 0.245 e. The molecular formula is C20H26N2O4S. The van der Waals surface area contributed by atoms with Crippen LogP contribution in [0.25, 0.3) is 0 Å². The summed E-state index contributed by atoms with van der Waals surface area (Å²) in [5.41, 5.74) is 1.42. The van der Waals surface area contributed by atoms with Crippen LogP contribution in [0.1, 0.15) is 26.2 Å². The van der Waals surface area contributed by atoms with Crippen molar-refractivity contribution < 1.29 is 18.3 Å². The molecule has 1 aliphatic rings. The molecule has 1 heterocycles. The Morgan fingerprint density at radius 3 is 2.56 bits per heavy atom. The molecule has 7 heteroatoms. The van der Waals surface area contributed by atoms with Gasteiger partial charge in [-0.15, -0.1) is 0 Å². The molecule has 146 valence electrons. The van der Waals surface area contributed by atoms with Crippen LogP contribution in [0.4, 0.5) is 11.4 Å². The van der Waals surface area contributed by atoms with E-state index in [1.54, 1.807) is 13.1 Å². The number of benzene rings is 2. The topological polar surface area (TPSA) is 70.1 Å². The number of phenols is 1. The molecule has 27 heavy (non-hydrogen) atoms. The van der Waals surface area contributed by atoms with Crippen LogP contribution in [0.2, 0.25) is 0 Å². The number of ether oxygens (including phenoxy) is 1. The Balaban J connectivity index is 2.23. The second kappa shape index (κ2) is 7.78. The summed E-state index contributed by atoms with van der Waals surface area (Å²) >= 11 is 0. The Morgan fingerprint density at radius 2 is 1.93 bits per heavy atom. The van der Waals surface area contributed by atoms with Crippen LogP contribution in [0.5, 0.6) is 11.5 Å². The summed E-state index contributed by atoms with van der Waals surface area (Å²) in [4.78, 5) is 2.09. The Bertz CT molecular complexity index is 900. The van der Waals surface area contributed by atoms with E-state index in [1.807, 2.05) is 35.2 Å². The highest BCUT2D eigenvalue weighted by molar-refractivity contribution is 7.89. The Labute approximate surface area is 161 Å². The summed E-state index contributed by atoms with van der Waals surface area (Å²) in [5.74, 6) is 0.0628. The van der Waals surface area contributed by atoms with Gasteiger partial charge >= 0.3 is 0 Å². The number of anilines is 2. The van der Waals surface area contributed by atoms with Crippen molar-refractivity contribution in [2.45, 2.75) is 37.1 Å². The molecule has 0 bridgehead atoms. The fourth-order valence-corrected chi connectivity index (χ4v) is 5.03. The number of para-hydroxylation sites is 1. The third-order valence-electron chi connectivity index (χ3n) is 5.07. The SMILES string of the molecule is CCCCC1CN(c2ccccc2)c2cc(OC)c(O)cc2S(=O)(=O)N1C. The standard InChI is InChI=1S/C20H26N2O4S/c1-4-5-9-16-14-22(15-10-7-6-8-11-15)17-12-19(26-3)18(23)13-20(17)27(24,25)21(16)2/h6-8,10-13,16,23H,4-5,9,14H2,1-3H3. The molecule has 1 atom stereocenters. The fraction of sp³-hybridized carbons (Fsp3) is 0.400. The van der Waals surface area contributed by atoms with E-state index in [9.17, 15) is 13.5 Å². The van der Waals surface area contributed by atoms with Crippen molar-refractivity contribution in [3.63, 3.8) is 0 Å². The van der Waals surface area contributed by atoms with E-state index in [-0.39, 0.29) is 22.4 Å². The number of nitrogens with zero attached hydrogens (tertiary/aromatic N) is 2. The molecule has 6 nitrogen and oxygen atoms in total. The maximum atomic E-state index is 13.3. The first-order valence-corrected chi connectivity index (χ1v) is 10.6. The number of phenolic OH excluding ortho intramolecular Hbond substituents is 1. The highest BCUT2D eigenvalue weighted by atomic mass is 32.2. The molecular weight excluding hydrogens is 364 g/mol. The lowest BCUT2D eigenvalue weighted by atomic mass is 10.1. The highest BCUT2D eigenvalue weighted by Crippen LogP contribution is 2.43. The van der Waals surface area contributed by atoms with Crippen molar-refractivity contribution in [3.8, 4) is 11.5 Å². The van der Waals surface area contributed by atoms with E-state index < -0.39 is 10.0 Å². The molecule has 0 amide bonds. The summed E-state index contributed by atoms with van der Waals surface area (Å²) in [6.07, 6.45) is 2.71. The fourth-order valence-electron chi connectivity index (χ4n) is 3.46. The summed E-state index contributed by atoms with van der Waals surface area (Å²) in [6, 6.07) is 12.4. The van der Waals surface area contributed by atoms with Crippen molar-refractivity contribution in [2.24, 2.45) is 0 Å². The summed E-state index contributed by atoms with van der Waals surface area (Å²) < 4.78 is 33.2. The molecule has 0 saturated carbocycles. The van der Waals surface area contributed by atoms with E-state index in [0.29, 0.717) is 12.2 Å². The van der Waals surface area contributed by atoms with E-state index in [4.69, 9.17) is 4.74 Å². The van der Waals surface area contributed by atoms with Gasteiger partial charge in [-0.3, -0.25) is 0 Å². The zero-order valence-corrected chi connectivity index (χ0v) is 16.7. The van der Waals surface area contributed by atoms with Crippen molar-refractivity contribution in [2.75, 3.05) is 25.6 Å². The van der Waals surface area contributed by atoms with Gasteiger partial charge in [-0.05, 0) is 18.6 Å². The van der Waals surface area contributed by atoms with E-state index in [1.165, 1.54) is 17.5 Å². The summed E-state index contributed by atoms with van der Waals surface area (Å²) in [5, 5.41) is 10.2. The molecule has 1 aliphatic heterocycles. The molecule has 0 spiro atoms. The van der Waals surface area contributed by atoms with Gasteiger partial charge < -0.3 is 14.7 Å². The molecule has 0 aromatic heterocycles. The molecule has 2 aromatic carbocycles. The van der Waals surface area contributed by atoms with Gasteiger partial charge in [0, 0.05) is 37.5 Å². The average molecular weight is 391 g/mol. The largest absolute Gasteiger partial charge is 0.504 e. The zero-order valence-electron chi connectivity index (χ0n) is 15.9. The maximum absolute atomic E-state index is 13.3. The second-order valence-corrected chi connectivity index (χ2v) is 8.72. The molecule has 1 N–H and O–H groups in total. The third-order valence-corrected chi connectivity index (χ3v) is 7.01. The number of rotatable bonds is 5. The second-order valence-electron chi connectivity index (χ2n) is 6.76. The number of aromatic hydroxyl groups is 1. The molecule has 2 aromatic rings. The molecule has 1 unspecified atom stereocenters. The van der Waals surface area contributed by atoms with E-state index in [2.05, 4.69) is 6.92 Å². The predicted molar refractivity (Wildman–Crippen MR) is 106 cm³/mol. The Hall–Kier alpha value is -2.25. The van der Waals surface area contributed by atoms with Gasteiger partial charge in [0.15, 0.2) is 11.5 Å². The van der Waals surface area contributed by atoms with Crippen LogP contribution in [-0.4, -0.2) is 44.6 Å². The Kier molecular flexibility index (Phi) is 5.62. The normalized spacial score (nSPS) is 19.4. The number of methoxy groups -OCH3 is 1. The van der Waals surface area contributed by atoms with Crippen LogP contribution in [0.15, 0.2) is 47.4 Å². The van der Waals surface area contributed by atoms with Crippen molar-refractivity contribution >= 4 is 21.4 Å². The molecule has 0 fully saturated rings. The highest BCUT2D eigenvalue weighted by Gasteiger charge is 2.37. The van der Waals surface area contributed by atoms with Crippen molar-refractivity contribution in [1.82, 2.24) is 4.31 Å². The van der Waals surface area contributed by atoms with Crippen LogP contribution < -0.4 is 9.64 Å². The zero-order chi connectivity index (χ0) is 19.6. The molecule has 3 rings (SSSR count). The van der Waals surface area contributed by atoms with Gasteiger partial charge in [0.1, 0.15) is 4.90 Å². The summed E-state index contributed by atoms with van der Waals surface area (Å²) in [7, 11) is -0.675. The van der Waals surface area contributed by atoms with Gasteiger partial charge in [-0.25, -0.2) is 8.42 Å². The first-order valence-electron chi connectivity index (χ1n) is 9.11. The number of likely N-dealkylation sites (N-methyl/N-ethyl adjacent to an activating group) is 1. The predicted octanol–water partition coefficient (Wildman–Crippen LogP) is 3.73. The third kappa shape index (κ3) is 3.61. The minimum absolute atomic E-state index is 0.0890.